The predicted molar refractivity (Wildman–Crippen MR) is 103 cm³/mol. The number of carboxylic acid groups (broad SMARTS) is 1. The molecule has 0 fully saturated rings. The summed E-state index contributed by atoms with van der Waals surface area (Å²) in [7, 11) is 1.91. The molecule has 0 aliphatic heterocycles. The molecule has 0 amide bonds. The Morgan fingerprint density at radius 1 is 1.30 bits per heavy atom. The zero-order valence-electron chi connectivity index (χ0n) is 15.0. The van der Waals surface area contributed by atoms with Crippen LogP contribution in [0, 0.1) is 0 Å². The molecule has 2 aromatic heterocycles. The van der Waals surface area contributed by atoms with E-state index in [9.17, 15) is 19.8 Å². The van der Waals surface area contributed by atoms with Gasteiger partial charge in [-0.25, -0.2) is 4.79 Å². The number of carbonyl (C=O) groups is 1. The van der Waals surface area contributed by atoms with Crippen LogP contribution in [-0.4, -0.2) is 39.3 Å². The van der Waals surface area contributed by atoms with E-state index in [-0.39, 0.29) is 0 Å². The van der Waals surface area contributed by atoms with Crippen LogP contribution in [0.4, 0.5) is 0 Å². The summed E-state index contributed by atoms with van der Waals surface area (Å²) < 4.78 is 2.25. The van der Waals surface area contributed by atoms with Crippen molar-refractivity contribution in [3.05, 3.63) is 51.4 Å². The number of hydrogen-bond donors (Lipinski definition) is 4. The van der Waals surface area contributed by atoms with E-state index in [1.807, 2.05) is 31.3 Å². The van der Waals surface area contributed by atoms with Crippen molar-refractivity contribution in [1.29, 1.82) is 0 Å². The Balaban J connectivity index is 2.08. The van der Waals surface area contributed by atoms with Crippen molar-refractivity contribution in [2.45, 2.75) is 25.8 Å². The molecule has 27 heavy (non-hydrogen) atoms. The van der Waals surface area contributed by atoms with E-state index < -0.39 is 22.8 Å². The summed E-state index contributed by atoms with van der Waals surface area (Å²) in [6.07, 6.45) is 2.05. The highest BCUT2D eigenvalue weighted by molar-refractivity contribution is 6.00. The fraction of sp³-hybridized carbons (Fsp3) is 0.300. The molecule has 2 heterocycles. The van der Waals surface area contributed by atoms with Crippen LogP contribution >= 0.6 is 0 Å². The first kappa shape index (κ1) is 17.4. The molecule has 1 aliphatic carbocycles. The number of rotatable bonds is 4. The van der Waals surface area contributed by atoms with Gasteiger partial charge in [-0.1, -0.05) is 18.2 Å². The number of hydrogen-bond acceptors (Lipinski definition) is 4. The van der Waals surface area contributed by atoms with Crippen LogP contribution in [-0.2, 0) is 19.4 Å². The maximum Gasteiger partial charge on any atom is 0.345 e. The Hall–Kier alpha value is -3.06. The first-order valence-electron chi connectivity index (χ1n) is 9.01. The lowest BCUT2D eigenvalue weighted by atomic mass is 10.00. The molecule has 0 saturated carbocycles. The molecule has 3 aromatic rings. The molecule has 4 rings (SSSR count). The van der Waals surface area contributed by atoms with E-state index in [0.29, 0.717) is 17.7 Å². The number of nitrogens with one attached hydrogen (secondary N) is 2. The Bertz CT molecular complexity index is 1110. The monoisotopic (exact) mass is 367 g/mol. The fourth-order valence-electron chi connectivity index (χ4n) is 4.09. The predicted octanol–water partition coefficient (Wildman–Crippen LogP) is 2.11. The molecule has 4 N–H and O–H groups in total. The van der Waals surface area contributed by atoms with Crippen molar-refractivity contribution in [2.75, 3.05) is 13.6 Å². The SMILES string of the molecule is CNCCn1c2c(c3ccccc31)-c1[nH]c(=O)c(C(=O)O)c(O)c1CCC2. The molecule has 7 nitrogen and oxygen atoms in total. The minimum atomic E-state index is -1.42. The van der Waals surface area contributed by atoms with E-state index in [4.69, 9.17) is 0 Å². The third kappa shape index (κ3) is 2.62. The number of pyridine rings is 1. The molecular formula is C20H21N3O4. The molecule has 0 saturated heterocycles. The highest BCUT2D eigenvalue weighted by atomic mass is 16.4. The highest BCUT2D eigenvalue weighted by Crippen LogP contribution is 2.41. The molecule has 0 radical (unpaired) electrons. The lowest BCUT2D eigenvalue weighted by Gasteiger charge is -2.11. The summed E-state index contributed by atoms with van der Waals surface area (Å²) >= 11 is 0. The Morgan fingerprint density at radius 3 is 2.81 bits per heavy atom. The third-order valence-corrected chi connectivity index (χ3v) is 5.26. The van der Waals surface area contributed by atoms with Gasteiger partial charge in [0.05, 0.1) is 5.69 Å². The second-order valence-corrected chi connectivity index (χ2v) is 6.78. The Morgan fingerprint density at radius 2 is 2.07 bits per heavy atom. The zero-order chi connectivity index (χ0) is 19.1. The molecule has 7 heteroatoms. The molecule has 0 atom stereocenters. The number of likely N-dealkylation sites (N-methyl/N-ethyl adjacent to an activating group) is 1. The minimum absolute atomic E-state index is 0.416. The van der Waals surface area contributed by atoms with Crippen molar-refractivity contribution in [2.24, 2.45) is 0 Å². The third-order valence-electron chi connectivity index (χ3n) is 5.26. The van der Waals surface area contributed by atoms with Gasteiger partial charge in [0, 0.05) is 40.8 Å². The number of aromatic nitrogens is 2. The number of aromatic hydroxyl groups is 1. The van der Waals surface area contributed by atoms with Gasteiger partial charge in [-0.3, -0.25) is 4.79 Å². The van der Waals surface area contributed by atoms with Gasteiger partial charge in [0.15, 0.2) is 5.56 Å². The quantitative estimate of drug-likeness (QED) is 0.565. The first-order valence-corrected chi connectivity index (χ1v) is 9.01. The molecule has 1 aliphatic rings. The number of benzene rings is 1. The maximum atomic E-state index is 12.4. The van der Waals surface area contributed by atoms with E-state index >= 15 is 0 Å². The van der Waals surface area contributed by atoms with Gasteiger partial charge in [0.2, 0.25) is 0 Å². The number of nitrogens with zero attached hydrogens (tertiary/aromatic N) is 1. The van der Waals surface area contributed by atoms with Crippen LogP contribution in [0.1, 0.15) is 28.0 Å². The highest BCUT2D eigenvalue weighted by Gasteiger charge is 2.28. The number of aromatic carboxylic acids is 1. The van der Waals surface area contributed by atoms with E-state index in [2.05, 4.69) is 14.9 Å². The van der Waals surface area contributed by atoms with Crippen molar-refractivity contribution in [3.8, 4) is 17.0 Å². The average Bonchev–Trinajstić information content (AvgIpc) is 2.81. The summed E-state index contributed by atoms with van der Waals surface area (Å²) in [5.74, 6) is -1.83. The number of carboxylic acids is 1. The van der Waals surface area contributed by atoms with Crippen LogP contribution in [0.25, 0.3) is 22.2 Å². The lowest BCUT2D eigenvalue weighted by Crippen LogP contribution is -2.20. The minimum Gasteiger partial charge on any atom is -0.506 e. The molecule has 1 aromatic carbocycles. The van der Waals surface area contributed by atoms with Crippen LogP contribution in [0.2, 0.25) is 0 Å². The normalized spacial score (nSPS) is 13.2. The molecule has 0 spiro atoms. The van der Waals surface area contributed by atoms with Crippen LogP contribution < -0.4 is 10.9 Å². The van der Waals surface area contributed by atoms with E-state index in [0.717, 1.165) is 48.1 Å². The van der Waals surface area contributed by atoms with Crippen LogP contribution in [0.5, 0.6) is 5.75 Å². The number of H-pyrrole nitrogens is 1. The summed E-state index contributed by atoms with van der Waals surface area (Å²) in [5, 5.41) is 24.0. The first-order chi connectivity index (χ1) is 13.0. The van der Waals surface area contributed by atoms with Gasteiger partial charge in [-0.15, -0.1) is 0 Å². The summed E-state index contributed by atoms with van der Waals surface area (Å²) in [5.41, 5.74) is 2.72. The van der Waals surface area contributed by atoms with Gasteiger partial charge in [0.25, 0.3) is 5.56 Å². The van der Waals surface area contributed by atoms with Gasteiger partial charge < -0.3 is 25.1 Å². The summed E-state index contributed by atoms with van der Waals surface area (Å²) in [6.45, 7) is 1.59. The topological polar surface area (TPSA) is 107 Å². The van der Waals surface area contributed by atoms with Crippen LogP contribution in [0.3, 0.4) is 0 Å². The van der Waals surface area contributed by atoms with Gasteiger partial charge in [-0.05, 0) is 32.4 Å². The van der Waals surface area contributed by atoms with Crippen molar-refractivity contribution < 1.29 is 15.0 Å². The van der Waals surface area contributed by atoms with Gasteiger partial charge >= 0.3 is 5.97 Å². The fourth-order valence-corrected chi connectivity index (χ4v) is 4.09. The maximum absolute atomic E-state index is 12.4. The van der Waals surface area contributed by atoms with E-state index in [1.54, 1.807) is 0 Å². The number of para-hydroxylation sites is 1. The molecule has 0 bridgehead atoms. The van der Waals surface area contributed by atoms with E-state index in [1.165, 1.54) is 0 Å². The number of fused-ring (bicyclic) bond motifs is 5. The van der Waals surface area contributed by atoms with Crippen LogP contribution in [0.15, 0.2) is 29.1 Å². The lowest BCUT2D eigenvalue weighted by molar-refractivity contribution is 0.0691. The Kier molecular flexibility index (Phi) is 4.24. The molecule has 0 unspecified atom stereocenters. The average molecular weight is 367 g/mol. The van der Waals surface area contributed by atoms with Crippen molar-refractivity contribution >= 4 is 16.9 Å². The van der Waals surface area contributed by atoms with Gasteiger partial charge in [0.1, 0.15) is 5.75 Å². The largest absolute Gasteiger partial charge is 0.506 e. The Labute approximate surface area is 155 Å². The van der Waals surface area contributed by atoms with Crippen molar-refractivity contribution in [3.63, 3.8) is 0 Å². The molecular weight excluding hydrogens is 346 g/mol. The summed E-state index contributed by atoms with van der Waals surface area (Å²) in [4.78, 5) is 26.5. The smallest absolute Gasteiger partial charge is 0.345 e. The zero-order valence-corrected chi connectivity index (χ0v) is 15.0. The molecule has 140 valence electrons. The van der Waals surface area contributed by atoms with Crippen molar-refractivity contribution in [1.82, 2.24) is 14.9 Å². The second kappa shape index (κ2) is 6.59. The standard InChI is InChI=1S/C20H21N3O4/c1-21-9-10-23-13-7-3-2-5-11(13)15-14(23)8-4-6-12-17(15)22-19(25)16(18(12)24)20(26)27/h2-3,5,7,21H,4,6,8-10H2,1H3,(H,26,27)(H2,22,24,25). The summed E-state index contributed by atoms with van der Waals surface area (Å²) in [6, 6.07) is 7.97. The second-order valence-electron chi connectivity index (χ2n) is 6.78. The van der Waals surface area contributed by atoms with Gasteiger partial charge in [-0.2, -0.15) is 0 Å². The number of aromatic amines is 1.